The first-order chi connectivity index (χ1) is 22.7. The summed E-state index contributed by atoms with van der Waals surface area (Å²) in [7, 11) is 0. The normalized spacial score (nSPS) is 11.6. The van der Waals surface area contributed by atoms with Crippen LogP contribution in [0.5, 0.6) is 23.0 Å². The molecule has 0 bridgehead atoms. The van der Waals surface area contributed by atoms with Crippen molar-refractivity contribution in [2.24, 2.45) is 0 Å². The van der Waals surface area contributed by atoms with E-state index in [9.17, 15) is 0 Å². The summed E-state index contributed by atoms with van der Waals surface area (Å²) >= 11 is 0. The van der Waals surface area contributed by atoms with Gasteiger partial charge < -0.3 is 19.4 Å². The van der Waals surface area contributed by atoms with Crippen LogP contribution in [-0.2, 0) is 20.1 Å². The molecule has 0 fully saturated rings. The predicted molar refractivity (Wildman–Crippen MR) is 185 cm³/mol. The average Bonchev–Trinajstić information content (AvgIpc) is 3.13. The molecule has 5 aromatic carbocycles. The first-order valence-corrected chi connectivity index (χ1v) is 15.3. The molecule has 2 aromatic heterocycles. The van der Waals surface area contributed by atoms with Gasteiger partial charge in [0.2, 0.25) is 6.71 Å². The third kappa shape index (κ3) is 5.78. The second-order valence-corrected chi connectivity index (χ2v) is 11.2. The fourth-order valence-electron chi connectivity index (χ4n) is 6.21. The van der Waals surface area contributed by atoms with Crippen LogP contribution in [0.3, 0.4) is 0 Å². The summed E-state index contributed by atoms with van der Waals surface area (Å²) < 4.78 is 12.7. The van der Waals surface area contributed by atoms with Crippen molar-refractivity contribution in [1.82, 2.24) is 9.97 Å². The van der Waals surface area contributed by atoms with Crippen molar-refractivity contribution in [2.45, 2.75) is 6.92 Å². The van der Waals surface area contributed by atoms with Gasteiger partial charge in [0.05, 0.1) is 0 Å². The van der Waals surface area contributed by atoms with Gasteiger partial charge in [0.15, 0.2) is 0 Å². The van der Waals surface area contributed by atoms with Gasteiger partial charge in [0.1, 0.15) is 17.2 Å². The van der Waals surface area contributed by atoms with Crippen molar-refractivity contribution in [3.05, 3.63) is 164 Å². The number of para-hydroxylation sites is 1. The minimum absolute atomic E-state index is 0. The molecule has 0 amide bonds. The Hall–Kier alpha value is -5.29. The number of aryl methyl sites for hydroxylation is 1. The summed E-state index contributed by atoms with van der Waals surface area (Å²) in [6, 6.07) is 51.1. The summed E-state index contributed by atoms with van der Waals surface area (Å²) in [6.07, 6.45) is 3.72. The zero-order valence-electron chi connectivity index (χ0n) is 25.5. The number of hydrogen-bond donors (Lipinski definition) is 0. The molecule has 2 aliphatic heterocycles. The Balaban J connectivity index is 0.000000228. The summed E-state index contributed by atoms with van der Waals surface area (Å²) in [5.74, 6) is 3.37. The number of rotatable bonds is 3. The Labute approximate surface area is 288 Å². The maximum absolute atomic E-state index is 6.51. The maximum atomic E-state index is 6.51. The molecule has 0 N–H and O–H groups in total. The second kappa shape index (κ2) is 13.2. The largest absolute Gasteiger partial charge is 0.503 e. The first-order valence-electron chi connectivity index (χ1n) is 15.3. The maximum Gasteiger partial charge on any atom is 0.241 e. The van der Waals surface area contributed by atoms with Gasteiger partial charge >= 0.3 is 0 Å². The van der Waals surface area contributed by atoms with Crippen LogP contribution < -0.4 is 25.9 Å². The minimum Gasteiger partial charge on any atom is -0.503 e. The molecule has 47 heavy (non-hydrogen) atoms. The van der Waals surface area contributed by atoms with E-state index in [1.165, 1.54) is 11.1 Å². The summed E-state index contributed by atoms with van der Waals surface area (Å²) in [5.41, 5.74) is 10.6. The van der Waals surface area contributed by atoms with Gasteiger partial charge in [0, 0.05) is 43.7 Å². The van der Waals surface area contributed by atoms with Crippen molar-refractivity contribution in [3.8, 4) is 56.6 Å². The fraction of sp³-hybridized carbons (Fsp3) is 0.0244. The number of nitrogens with zero attached hydrogens (tertiary/aromatic N) is 2. The molecule has 2 aliphatic rings. The molecule has 0 atom stereocenters. The van der Waals surface area contributed by atoms with E-state index in [0.717, 1.165) is 67.5 Å². The molecule has 1 radical (unpaired) electrons. The second-order valence-electron chi connectivity index (χ2n) is 11.2. The SMILES string of the molecule is Cc1ccccc1-c1ccc(-c2[c-]ccc3c2Oc2cccc4c2B3c2ccccc2O4)nc1.[Ir].[c-]1ccccc1-c1ccccn1. The molecule has 0 saturated carbocycles. The molecule has 9 rings (SSSR count). The van der Waals surface area contributed by atoms with Gasteiger partial charge in [-0.1, -0.05) is 78.4 Å². The third-order valence-electron chi connectivity index (χ3n) is 8.39. The fourth-order valence-corrected chi connectivity index (χ4v) is 6.21. The zero-order chi connectivity index (χ0) is 30.9. The summed E-state index contributed by atoms with van der Waals surface area (Å²) in [6.45, 7) is 2.16. The van der Waals surface area contributed by atoms with E-state index < -0.39 is 0 Å². The van der Waals surface area contributed by atoms with E-state index in [0.29, 0.717) is 0 Å². The van der Waals surface area contributed by atoms with Crippen molar-refractivity contribution in [1.29, 1.82) is 0 Å². The van der Waals surface area contributed by atoms with Crippen LogP contribution in [0.1, 0.15) is 5.56 Å². The zero-order valence-corrected chi connectivity index (χ0v) is 27.9. The molecule has 0 saturated heterocycles. The molecule has 7 aromatic rings. The van der Waals surface area contributed by atoms with Crippen LogP contribution in [0.4, 0.5) is 0 Å². The van der Waals surface area contributed by atoms with Crippen LogP contribution in [0.2, 0.25) is 0 Å². The third-order valence-corrected chi connectivity index (χ3v) is 8.39. The van der Waals surface area contributed by atoms with Gasteiger partial charge in [-0.15, -0.1) is 59.6 Å². The number of pyridine rings is 2. The van der Waals surface area contributed by atoms with Crippen molar-refractivity contribution >= 4 is 23.1 Å². The Morgan fingerprint density at radius 1 is 0.596 bits per heavy atom. The van der Waals surface area contributed by atoms with Gasteiger partial charge in [0.25, 0.3) is 0 Å². The van der Waals surface area contributed by atoms with E-state index in [1.807, 2.05) is 85.1 Å². The van der Waals surface area contributed by atoms with Gasteiger partial charge in [-0.25, -0.2) is 0 Å². The monoisotopic (exact) mass is 783 g/mol. The number of ether oxygens (including phenoxy) is 2. The van der Waals surface area contributed by atoms with Gasteiger partial charge in [-0.2, -0.15) is 0 Å². The smallest absolute Gasteiger partial charge is 0.241 e. The summed E-state index contributed by atoms with van der Waals surface area (Å²) in [4.78, 5) is 9.04. The topological polar surface area (TPSA) is 44.2 Å². The molecular weight excluding hydrogens is 755 g/mol. The van der Waals surface area contributed by atoms with Crippen LogP contribution in [0, 0.1) is 19.1 Å². The van der Waals surface area contributed by atoms with Crippen molar-refractivity contribution < 1.29 is 29.6 Å². The van der Waals surface area contributed by atoms with Gasteiger partial charge in [-0.05, 0) is 64.7 Å². The Bertz CT molecular complexity index is 2140. The van der Waals surface area contributed by atoms with E-state index in [-0.39, 0.29) is 26.8 Å². The number of fused-ring (bicyclic) bond motifs is 4. The van der Waals surface area contributed by atoms with E-state index in [2.05, 4.69) is 78.6 Å². The van der Waals surface area contributed by atoms with E-state index in [4.69, 9.17) is 14.5 Å². The standard InChI is InChI=1S/C30H19BNO2.C11H8N.Ir/c1-19-8-2-3-9-21(19)20-16-17-25(32-18-20)22-10-6-12-24-30(22)34-28-15-7-14-27-29(28)31(24)23-11-4-5-13-26(23)33-27;1-2-6-10(7-3-1)11-8-4-5-9-12-11;/h2-9,11-18H,1H3;1-6,8-9H;/q2*-1;. The molecule has 4 heterocycles. The van der Waals surface area contributed by atoms with E-state index >= 15 is 0 Å². The quantitative estimate of drug-likeness (QED) is 0.136. The number of aromatic nitrogens is 2. The molecule has 6 heteroatoms. The molecule has 0 spiro atoms. The van der Waals surface area contributed by atoms with Crippen molar-refractivity contribution in [2.75, 3.05) is 0 Å². The van der Waals surface area contributed by atoms with Crippen LogP contribution in [0.25, 0.3) is 33.6 Å². The Morgan fingerprint density at radius 2 is 1.38 bits per heavy atom. The van der Waals surface area contributed by atoms with Crippen molar-refractivity contribution in [3.63, 3.8) is 0 Å². The number of hydrogen-bond acceptors (Lipinski definition) is 4. The van der Waals surface area contributed by atoms with Gasteiger partial charge in [-0.3, -0.25) is 0 Å². The van der Waals surface area contributed by atoms with Crippen LogP contribution in [-0.4, -0.2) is 16.7 Å². The minimum atomic E-state index is 0. The first kappa shape index (κ1) is 30.4. The van der Waals surface area contributed by atoms with E-state index in [1.54, 1.807) is 6.20 Å². The van der Waals surface area contributed by atoms with Crippen LogP contribution >= 0.6 is 0 Å². The predicted octanol–water partition coefficient (Wildman–Crippen LogP) is 7.80. The number of benzene rings is 5. The molecular formula is C41H27BIrN2O2-2. The van der Waals surface area contributed by atoms with Crippen LogP contribution in [0.15, 0.2) is 146 Å². The molecule has 4 nitrogen and oxygen atoms in total. The molecule has 227 valence electrons. The summed E-state index contributed by atoms with van der Waals surface area (Å²) in [5, 5.41) is 0. The molecule has 0 aliphatic carbocycles. The Kier molecular flexibility index (Phi) is 8.54. The molecule has 0 unspecified atom stereocenters. The average molecular weight is 783 g/mol. The Morgan fingerprint density at radius 3 is 2.17 bits per heavy atom.